The maximum absolute atomic E-state index is 12.3. The predicted octanol–water partition coefficient (Wildman–Crippen LogP) is 1.70. The molecule has 1 heterocycles. The van der Waals surface area contributed by atoms with E-state index in [-0.39, 0.29) is 23.8 Å². The lowest BCUT2D eigenvalue weighted by Gasteiger charge is -2.24. The van der Waals surface area contributed by atoms with Gasteiger partial charge in [-0.25, -0.2) is 8.42 Å². The number of carbonyl (C=O) groups is 1. The van der Waals surface area contributed by atoms with Gasteiger partial charge in [0.25, 0.3) is 0 Å². The van der Waals surface area contributed by atoms with E-state index < -0.39 is 15.4 Å². The zero-order valence-corrected chi connectivity index (χ0v) is 15.7. The van der Waals surface area contributed by atoms with Crippen molar-refractivity contribution in [3.63, 3.8) is 0 Å². The monoisotopic (exact) mass is 405 g/mol. The van der Waals surface area contributed by atoms with Crippen molar-refractivity contribution in [3.8, 4) is 11.5 Å². The van der Waals surface area contributed by atoms with Crippen LogP contribution in [0.15, 0.2) is 16.6 Å². The van der Waals surface area contributed by atoms with Crippen LogP contribution in [0.1, 0.15) is 18.9 Å². The average Bonchev–Trinajstić information content (AvgIpc) is 2.73. The summed E-state index contributed by atoms with van der Waals surface area (Å²) in [5, 5.41) is 2.84. The summed E-state index contributed by atoms with van der Waals surface area (Å²) in [4.78, 5) is 12.3. The second kappa shape index (κ2) is 6.68. The number of ether oxygens (including phenoxy) is 2. The molecule has 1 amide bonds. The van der Waals surface area contributed by atoms with E-state index in [2.05, 4.69) is 21.2 Å². The average molecular weight is 406 g/mol. The van der Waals surface area contributed by atoms with Gasteiger partial charge in [0, 0.05) is 4.47 Å². The molecule has 0 bridgehead atoms. The maximum Gasteiger partial charge on any atom is 0.224 e. The Kier molecular flexibility index (Phi) is 5.25. The van der Waals surface area contributed by atoms with E-state index >= 15 is 0 Å². The molecule has 6 nitrogen and oxygen atoms in total. The zero-order valence-electron chi connectivity index (χ0n) is 13.3. The number of sulfone groups is 1. The fourth-order valence-corrected chi connectivity index (χ4v) is 5.25. The van der Waals surface area contributed by atoms with Gasteiger partial charge in [0.1, 0.15) is 0 Å². The number of hydrogen-bond donors (Lipinski definition) is 1. The first-order chi connectivity index (χ1) is 10.7. The van der Waals surface area contributed by atoms with Gasteiger partial charge in [-0.05, 0) is 31.0 Å². The molecule has 1 atom stereocenters. The topological polar surface area (TPSA) is 81.7 Å². The zero-order chi connectivity index (χ0) is 17.3. The summed E-state index contributed by atoms with van der Waals surface area (Å²) in [6.45, 7) is 1.76. The molecule has 1 N–H and O–H groups in total. The Labute approximate surface area is 144 Å². The first kappa shape index (κ1) is 18.1. The fraction of sp³-hybridized carbons (Fsp3) is 0.533. The third-order valence-electron chi connectivity index (χ3n) is 3.85. The van der Waals surface area contributed by atoms with Gasteiger partial charge < -0.3 is 14.8 Å². The van der Waals surface area contributed by atoms with Crippen LogP contribution < -0.4 is 14.8 Å². The summed E-state index contributed by atoms with van der Waals surface area (Å²) in [5.41, 5.74) is 0.0449. The molecule has 1 aliphatic heterocycles. The van der Waals surface area contributed by atoms with E-state index in [0.717, 1.165) is 10.0 Å². The van der Waals surface area contributed by atoms with Crippen LogP contribution in [-0.4, -0.2) is 45.6 Å². The van der Waals surface area contributed by atoms with E-state index in [1.807, 2.05) is 0 Å². The molecule has 0 aliphatic carbocycles. The molecular formula is C15H20BrNO5S. The summed E-state index contributed by atoms with van der Waals surface area (Å²) in [6.07, 6.45) is 0.560. The Balaban J connectivity index is 2.12. The predicted molar refractivity (Wildman–Crippen MR) is 90.8 cm³/mol. The minimum Gasteiger partial charge on any atom is -0.493 e. The molecule has 2 rings (SSSR count). The molecule has 128 valence electrons. The standard InChI is InChI=1S/C15H20BrNO5S/c1-15(4-5-23(19,20)9-15)17-14(18)7-10-6-12(21-2)13(22-3)8-11(10)16/h6,8H,4-5,7,9H2,1-3H3,(H,17,18). The second-order valence-electron chi connectivity index (χ2n) is 5.93. The Bertz CT molecular complexity index is 719. The van der Waals surface area contributed by atoms with Gasteiger partial charge in [0.15, 0.2) is 21.3 Å². The van der Waals surface area contributed by atoms with Crippen LogP contribution in [0.25, 0.3) is 0 Å². The van der Waals surface area contributed by atoms with Crippen molar-refractivity contribution in [1.82, 2.24) is 5.32 Å². The minimum absolute atomic E-state index is 0.0150. The third kappa shape index (κ3) is 4.38. The number of hydrogen-bond acceptors (Lipinski definition) is 5. The normalized spacial score (nSPS) is 22.6. The number of amides is 1. The smallest absolute Gasteiger partial charge is 0.224 e. The SMILES string of the molecule is COc1cc(Br)c(CC(=O)NC2(C)CCS(=O)(=O)C2)cc1OC. The van der Waals surface area contributed by atoms with E-state index in [0.29, 0.717) is 17.9 Å². The minimum atomic E-state index is -3.06. The molecule has 1 saturated heterocycles. The van der Waals surface area contributed by atoms with Gasteiger partial charge >= 0.3 is 0 Å². The van der Waals surface area contributed by atoms with E-state index in [1.165, 1.54) is 14.2 Å². The highest BCUT2D eigenvalue weighted by molar-refractivity contribution is 9.10. The number of benzene rings is 1. The largest absolute Gasteiger partial charge is 0.493 e. The van der Waals surface area contributed by atoms with Crippen LogP contribution in [0, 0.1) is 0 Å². The summed E-state index contributed by atoms with van der Waals surface area (Å²) >= 11 is 3.41. The number of nitrogens with one attached hydrogen (secondary N) is 1. The van der Waals surface area contributed by atoms with Crippen molar-refractivity contribution >= 4 is 31.7 Å². The molecule has 1 fully saturated rings. The number of methoxy groups -OCH3 is 2. The van der Waals surface area contributed by atoms with Crippen molar-refractivity contribution in [2.45, 2.75) is 25.3 Å². The van der Waals surface area contributed by atoms with Crippen LogP contribution in [0.3, 0.4) is 0 Å². The summed E-state index contributed by atoms with van der Waals surface area (Å²) in [5.74, 6) is 0.978. The van der Waals surface area contributed by atoms with Crippen molar-refractivity contribution in [2.24, 2.45) is 0 Å². The van der Waals surface area contributed by atoms with E-state index in [4.69, 9.17) is 9.47 Å². The van der Waals surface area contributed by atoms with Crippen LogP contribution in [-0.2, 0) is 21.1 Å². The summed E-state index contributed by atoms with van der Waals surface area (Å²) < 4.78 is 34.4. The molecule has 0 saturated carbocycles. The maximum atomic E-state index is 12.3. The van der Waals surface area contributed by atoms with E-state index in [9.17, 15) is 13.2 Å². The van der Waals surface area contributed by atoms with Crippen LogP contribution in [0.2, 0.25) is 0 Å². The molecule has 1 aromatic rings. The highest BCUT2D eigenvalue weighted by Crippen LogP contribution is 2.33. The molecule has 1 unspecified atom stereocenters. The summed E-state index contributed by atoms with van der Waals surface area (Å²) in [7, 11) is 0.00679. The van der Waals surface area contributed by atoms with E-state index in [1.54, 1.807) is 19.1 Å². The Morgan fingerprint density at radius 2 is 1.91 bits per heavy atom. The number of carbonyl (C=O) groups excluding carboxylic acids is 1. The number of rotatable bonds is 5. The van der Waals surface area contributed by atoms with Gasteiger partial charge in [0.2, 0.25) is 5.91 Å². The molecular weight excluding hydrogens is 386 g/mol. The van der Waals surface area contributed by atoms with Gasteiger partial charge in [0.05, 0.1) is 37.7 Å². The number of halogens is 1. The second-order valence-corrected chi connectivity index (χ2v) is 8.96. The lowest BCUT2D eigenvalue weighted by atomic mass is 10.0. The fourth-order valence-electron chi connectivity index (χ4n) is 2.69. The Morgan fingerprint density at radius 1 is 1.30 bits per heavy atom. The molecule has 0 spiro atoms. The van der Waals surface area contributed by atoms with Crippen LogP contribution in [0.5, 0.6) is 11.5 Å². The molecule has 0 radical (unpaired) electrons. The van der Waals surface area contributed by atoms with Crippen LogP contribution >= 0.6 is 15.9 Å². The van der Waals surface area contributed by atoms with Crippen LogP contribution in [0.4, 0.5) is 0 Å². The Hall–Kier alpha value is -1.28. The lowest BCUT2D eigenvalue weighted by molar-refractivity contribution is -0.121. The highest BCUT2D eigenvalue weighted by Gasteiger charge is 2.39. The highest BCUT2D eigenvalue weighted by atomic mass is 79.9. The Morgan fingerprint density at radius 3 is 2.43 bits per heavy atom. The summed E-state index contributed by atoms with van der Waals surface area (Å²) in [6, 6.07) is 3.47. The molecule has 8 heteroatoms. The molecule has 1 aliphatic rings. The molecule has 1 aromatic carbocycles. The van der Waals surface area contributed by atoms with Gasteiger partial charge in [-0.1, -0.05) is 15.9 Å². The van der Waals surface area contributed by atoms with Gasteiger partial charge in [-0.3, -0.25) is 4.79 Å². The third-order valence-corrected chi connectivity index (χ3v) is 6.49. The van der Waals surface area contributed by atoms with Crippen molar-refractivity contribution in [1.29, 1.82) is 0 Å². The lowest BCUT2D eigenvalue weighted by Crippen LogP contribution is -2.47. The first-order valence-electron chi connectivity index (χ1n) is 7.10. The molecule has 23 heavy (non-hydrogen) atoms. The molecule has 0 aromatic heterocycles. The van der Waals surface area contributed by atoms with Gasteiger partial charge in [-0.2, -0.15) is 0 Å². The van der Waals surface area contributed by atoms with Crippen molar-refractivity contribution in [2.75, 3.05) is 25.7 Å². The van der Waals surface area contributed by atoms with Gasteiger partial charge in [-0.15, -0.1) is 0 Å². The van der Waals surface area contributed by atoms with Crippen molar-refractivity contribution in [3.05, 3.63) is 22.2 Å². The van der Waals surface area contributed by atoms with Crippen molar-refractivity contribution < 1.29 is 22.7 Å². The quantitative estimate of drug-likeness (QED) is 0.805. The first-order valence-corrected chi connectivity index (χ1v) is 9.71.